The van der Waals surface area contributed by atoms with Crippen LogP contribution in [0.2, 0.25) is 0 Å². The molecule has 0 bridgehead atoms. The third-order valence-corrected chi connectivity index (χ3v) is 5.08. The van der Waals surface area contributed by atoms with Gasteiger partial charge in [-0.15, -0.1) is 0 Å². The van der Waals surface area contributed by atoms with E-state index in [4.69, 9.17) is 5.73 Å². The van der Waals surface area contributed by atoms with Gasteiger partial charge in [0.1, 0.15) is 12.1 Å². The molecule has 0 spiro atoms. The SMILES string of the molecule is C=CN=C/C(=C\C)C(=C)/C=C(C(=C)c1cc2c(-n3cnc(C)c3)nccc2[nH]1)\C(N)=C/C.CC. The van der Waals surface area contributed by atoms with Crippen LogP contribution in [0.4, 0.5) is 0 Å². The summed E-state index contributed by atoms with van der Waals surface area (Å²) in [6.45, 7) is 21.9. The molecule has 0 aliphatic rings. The summed E-state index contributed by atoms with van der Waals surface area (Å²) in [5, 5.41) is 0.963. The van der Waals surface area contributed by atoms with E-state index in [9.17, 15) is 0 Å². The molecule has 0 radical (unpaired) electrons. The smallest absolute Gasteiger partial charge is 0.147 e. The minimum atomic E-state index is 0.606. The number of aliphatic imine (C=N–C) groups is 1. The first-order valence-corrected chi connectivity index (χ1v) is 11.2. The van der Waals surface area contributed by atoms with Gasteiger partial charge in [0.05, 0.1) is 11.2 Å². The minimum absolute atomic E-state index is 0.606. The van der Waals surface area contributed by atoms with E-state index >= 15 is 0 Å². The monoisotopic (exact) mass is 454 g/mol. The van der Waals surface area contributed by atoms with Gasteiger partial charge in [0.25, 0.3) is 0 Å². The van der Waals surface area contributed by atoms with E-state index in [1.807, 2.05) is 75.7 Å². The second kappa shape index (κ2) is 12.2. The van der Waals surface area contributed by atoms with Crippen molar-refractivity contribution in [1.29, 1.82) is 0 Å². The molecule has 0 saturated carbocycles. The van der Waals surface area contributed by atoms with Crippen molar-refractivity contribution in [2.45, 2.75) is 34.6 Å². The molecule has 34 heavy (non-hydrogen) atoms. The highest BCUT2D eigenvalue weighted by molar-refractivity contribution is 5.93. The predicted molar refractivity (Wildman–Crippen MR) is 146 cm³/mol. The summed E-state index contributed by atoms with van der Waals surface area (Å²) in [7, 11) is 0. The third-order valence-electron chi connectivity index (χ3n) is 5.08. The molecular weight excluding hydrogens is 420 g/mol. The van der Waals surface area contributed by atoms with Crippen LogP contribution in [0.15, 0.2) is 102 Å². The molecule has 3 aromatic heterocycles. The number of rotatable bonds is 8. The fourth-order valence-corrected chi connectivity index (χ4v) is 3.32. The van der Waals surface area contributed by atoms with Crippen molar-refractivity contribution in [3.8, 4) is 5.82 Å². The lowest BCUT2D eigenvalue weighted by Gasteiger charge is -2.12. The number of nitrogens with two attached hydrogens (primary N) is 1. The maximum Gasteiger partial charge on any atom is 0.147 e. The molecule has 3 heterocycles. The first-order chi connectivity index (χ1) is 16.4. The average Bonchev–Trinajstić information content (AvgIpc) is 3.49. The molecule has 0 unspecified atom stereocenters. The third kappa shape index (κ3) is 5.78. The van der Waals surface area contributed by atoms with Crippen molar-refractivity contribution in [1.82, 2.24) is 19.5 Å². The van der Waals surface area contributed by atoms with Crippen LogP contribution in [0, 0.1) is 6.92 Å². The lowest BCUT2D eigenvalue weighted by atomic mass is 9.96. The Kier molecular flexibility index (Phi) is 9.32. The van der Waals surface area contributed by atoms with E-state index in [0.29, 0.717) is 5.70 Å². The zero-order valence-electron chi connectivity index (χ0n) is 20.8. The van der Waals surface area contributed by atoms with Crippen LogP contribution >= 0.6 is 0 Å². The maximum atomic E-state index is 6.35. The summed E-state index contributed by atoms with van der Waals surface area (Å²) in [6.07, 6.45) is 14.4. The number of nitrogens with one attached hydrogen (secondary N) is 1. The Morgan fingerprint density at radius 3 is 2.50 bits per heavy atom. The number of allylic oxidation sites excluding steroid dienone is 6. The Labute approximate surface area is 202 Å². The lowest BCUT2D eigenvalue weighted by Crippen LogP contribution is -2.04. The topological polar surface area (TPSA) is 84.9 Å². The summed E-state index contributed by atoms with van der Waals surface area (Å²) < 4.78 is 1.91. The van der Waals surface area contributed by atoms with Gasteiger partial charge >= 0.3 is 0 Å². The van der Waals surface area contributed by atoms with E-state index < -0.39 is 0 Å². The van der Waals surface area contributed by atoms with E-state index in [1.165, 1.54) is 6.20 Å². The number of hydrogen-bond acceptors (Lipinski definition) is 4. The Morgan fingerprint density at radius 2 is 1.91 bits per heavy atom. The van der Waals surface area contributed by atoms with Crippen LogP contribution in [0.5, 0.6) is 0 Å². The van der Waals surface area contributed by atoms with Crippen molar-refractivity contribution < 1.29 is 0 Å². The van der Waals surface area contributed by atoms with Crippen molar-refractivity contribution >= 4 is 22.7 Å². The van der Waals surface area contributed by atoms with Gasteiger partial charge in [0.15, 0.2) is 0 Å². The molecule has 3 aromatic rings. The number of nitrogens with zero attached hydrogens (tertiary/aromatic N) is 4. The van der Waals surface area contributed by atoms with Crippen molar-refractivity contribution in [2.24, 2.45) is 10.7 Å². The summed E-state index contributed by atoms with van der Waals surface area (Å²) in [5.74, 6) is 0.796. The first kappa shape index (κ1) is 26.1. The Bertz CT molecular complexity index is 1310. The first-order valence-electron chi connectivity index (χ1n) is 11.2. The molecule has 3 N–H and O–H groups in total. The van der Waals surface area contributed by atoms with Gasteiger partial charge in [-0.2, -0.15) is 0 Å². The molecule has 0 aliphatic carbocycles. The molecule has 3 rings (SSSR count). The van der Waals surface area contributed by atoms with Gasteiger partial charge in [-0.05, 0) is 50.1 Å². The highest BCUT2D eigenvalue weighted by Crippen LogP contribution is 2.30. The van der Waals surface area contributed by atoms with Crippen LogP contribution < -0.4 is 5.73 Å². The number of pyridine rings is 1. The largest absolute Gasteiger partial charge is 0.398 e. The molecule has 0 amide bonds. The number of imidazole rings is 1. The van der Waals surface area contributed by atoms with Crippen LogP contribution in [-0.4, -0.2) is 25.7 Å². The highest BCUT2D eigenvalue weighted by Gasteiger charge is 2.15. The van der Waals surface area contributed by atoms with E-state index in [2.05, 4.69) is 39.7 Å². The normalized spacial score (nSPS) is 12.6. The number of aryl methyl sites for hydroxylation is 1. The zero-order valence-corrected chi connectivity index (χ0v) is 20.8. The van der Waals surface area contributed by atoms with Gasteiger partial charge < -0.3 is 10.7 Å². The van der Waals surface area contributed by atoms with Gasteiger partial charge in [-0.25, -0.2) is 9.97 Å². The number of aromatic nitrogens is 4. The molecule has 6 nitrogen and oxygen atoms in total. The minimum Gasteiger partial charge on any atom is -0.398 e. The number of hydrogen-bond donors (Lipinski definition) is 2. The fourth-order valence-electron chi connectivity index (χ4n) is 3.32. The van der Waals surface area contributed by atoms with Gasteiger partial charge in [-0.3, -0.25) is 9.56 Å². The van der Waals surface area contributed by atoms with Gasteiger partial charge in [-0.1, -0.05) is 45.7 Å². The van der Waals surface area contributed by atoms with Crippen molar-refractivity contribution in [3.05, 3.63) is 109 Å². The summed E-state index contributed by atoms with van der Waals surface area (Å²) in [5.41, 5.74) is 12.8. The second-order valence-electron chi connectivity index (χ2n) is 7.21. The Hall–Kier alpha value is -4.19. The van der Waals surface area contributed by atoms with E-state index in [0.717, 1.165) is 50.4 Å². The van der Waals surface area contributed by atoms with E-state index in [1.54, 1.807) is 18.7 Å². The van der Waals surface area contributed by atoms with Crippen LogP contribution in [0.3, 0.4) is 0 Å². The Balaban J connectivity index is 0.00000199. The van der Waals surface area contributed by atoms with Gasteiger partial charge in [0, 0.05) is 52.7 Å². The quantitative estimate of drug-likeness (QED) is 0.297. The summed E-state index contributed by atoms with van der Waals surface area (Å²) in [6, 6.07) is 3.97. The number of fused-ring (bicyclic) bond motifs is 1. The van der Waals surface area contributed by atoms with Gasteiger partial charge in [0.2, 0.25) is 0 Å². The second-order valence-corrected chi connectivity index (χ2v) is 7.21. The molecule has 0 fully saturated rings. The van der Waals surface area contributed by atoms with Crippen LogP contribution in [-0.2, 0) is 0 Å². The molecular formula is C28H34N6. The summed E-state index contributed by atoms with van der Waals surface area (Å²) in [4.78, 5) is 16.4. The molecule has 0 aromatic carbocycles. The molecule has 0 aliphatic heterocycles. The van der Waals surface area contributed by atoms with Crippen LogP contribution in [0.1, 0.15) is 39.1 Å². The van der Waals surface area contributed by atoms with Crippen molar-refractivity contribution in [3.63, 3.8) is 0 Å². The fraction of sp³-hybridized carbons (Fsp3) is 0.179. The standard InChI is InChI=1S/C26H28N6.C2H6/c1-7-20(14-28-9-3)17(4)12-21(23(27)8-2)19(6)25-13-22-24(31-25)10-11-29-26(22)32-15-18(5)30-16-32;1-2/h7-16,31H,3-4,6,27H2,1-2,5H3;1-2H3/b20-7+,21-12-,23-8+,28-14?;. The zero-order chi connectivity index (χ0) is 25.3. The molecule has 0 saturated heterocycles. The maximum absolute atomic E-state index is 6.35. The van der Waals surface area contributed by atoms with Crippen molar-refractivity contribution in [2.75, 3.05) is 0 Å². The average molecular weight is 455 g/mol. The summed E-state index contributed by atoms with van der Waals surface area (Å²) >= 11 is 0. The number of H-pyrrole nitrogens is 1. The molecule has 176 valence electrons. The molecule has 0 atom stereocenters. The van der Waals surface area contributed by atoms with E-state index in [-0.39, 0.29) is 0 Å². The Morgan fingerprint density at radius 1 is 1.18 bits per heavy atom. The number of aromatic amines is 1. The molecule has 6 heteroatoms. The highest BCUT2D eigenvalue weighted by atomic mass is 15.1. The predicted octanol–water partition coefficient (Wildman–Crippen LogP) is 6.60. The van der Waals surface area contributed by atoms with Crippen LogP contribution in [0.25, 0.3) is 22.3 Å². The lowest BCUT2D eigenvalue weighted by molar-refractivity contribution is 1.01.